The van der Waals surface area contributed by atoms with E-state index in [1.165, 1.54) is 13.2 Å². The minimum atomic E-state index is -3.63. The number of likely N-dealkylation sites (N-methyl/N-ethyl adjacent to an activating group) is 1. The highest BCUT2D eigenvalue weighted by molar-refractivity contribution is 7.89. The van der Waals surface area contributed by atoms with Gasteiger partial charge in [-0.15, -0.1) is 0 Å². The number of hydrogen-bond acceptors (Lipinski definition) is 5. The van der Waals surface area contributed by atoms with E-state index in [0.29, 0.717) is 12.2 Å². The molecule has 6 nitrogen and oxygen atoms in total. The molecule has 0 saturated heterocycles. The van der Waals surface area contributed by atoms with Gasteiger partial charge in [0.15, 0.2) is 0 Å². The topological polar surface area (TPSA) is 75.7 Å². The standard InChI is InChI=1S/C14H22N2O4S/c1-5-16(10-14(17)20-4)12-8-6-7-9-13(12)21(18,19)15-11(2)3/h6-9,11,15H,5,10H2,1-4H3. The predicted molar refractivity (Wildman–Crippen MR) is 81.8 cm³/mol. The molecular weight excluding hydrogens is 292 g/mol. The molecule has 1 N–H and O–H groups in total. The van der Waals surface area contributed by atoms with Gasteiger partial charge < -0.3 is 9.64 Å². The van der Waals surface area contributed by atoms with Gasteiger partial charge in [0.2, 0.25) is 10.0 Å². The molecule has 0 heterocycles. The van der Waals surface area contributed by atoms with Crippen molar-refractivity contribution in [2.24, 2.45) is 0 Å². The Morgan fingerprint density at radius 2 is 1.95 bits per heavy atom. The SMILES string of the molecule is CCN(CC(=O)OC)c1ccccc1S(=O)(=O)NC(C)C. The van der Waals surface area contributed by atoms with Gasteiger partial charge in [0.1, 0.15) is 11.4 Å². The zero-order chi connectivity index (χ0) is 16.0. The van der Waals surface area contributed by atoms with Gasteiger partial charge in [-0.3, -0.25) is 4.79 Å². The fourth-order valence-electron chi connectivity index (χ4n) is 1.91. The summed E-state index contributed by atoms with van der Waals surface area (Å²) in [5.74, 6) is -0.416. The summed E-state index contributed by atoms with van der Waals surface area (Å²) in [5, 5.41) is 0. The van der Waals surface area contributed by atoms with E-state index in [4.69, 9.17) is 0 Å². The second-order valence-corrected chi connectivity index (χ2v) is 6.52. The van der Waals surface area contributed by atoms with Crippen LogP contribution in [0.2, 0.25) is 0 Å². The van der Waals surface area contributed by atoms with Gasteiger partial charge in [-0.2, -0.15) is 0 Å². The van der Waals surface area contributed by atoms with Gasteiger partial charge in [0.05, 0.1) is 12.8 Å². The number of para-hydroxylation sites is 1. The van der Waals surface area contributed by atoms with Crippen molar-refractivity contribution in [1.82, 2.24) is 4.72 Å². The minimum Gasteiger partial charge on any atom is -0.468 e. The molecule has 0 unspecified atom stereocenters. The summed E-state index contributed by atoms with van der Waals surface area (Å²) in [6, 6.07) is 6.40. The van der Waals surface area contributed by atoms with Crippen molar-refractivity contribution >= 4 is 21.7 Å². The van der Waals surface area contributed by atoms with Gasteiger partial charge in [-0.25, -0.2) is 13.1 Å². The van der Waals surface area contributed by atoms with Gasteiger partial charge in [0.25, 0.3) is 0 Å². The number of hydrogen-bond donors (Lipinski definition) is 1. The Morgan fingerprint density at radius 3 is 2.48 bits per heavy atom. The molecule has 0 bridgehead atoms. The first-order chi connectivity index (χ1) is 9.81. The smallest absolute Gasteiger partial charge is 0.325 e. The van der Waals surface area contributed by atoms with Crippen LogP contribution in [0.3, 0.4) is 0 Å². The molecule has 21 heavy (non-hydrogen) atoms. The summed E-state index contributed by atoms with van der Waals surface area (Å²) < 4.78 is 32.0. The number of esters is 1. The summed E-state index contributed by atoms with van der Waals surface area (Å²) in [5.41, 5.74) is 0.485. The highest BCUT2D eigenvalue weighted by Gasteiger charge is 2.22. The van der Waals surface area contributed by atoms with Gasteiger partial charge >= 0.3 is 5.97 Å². The summed E-state index contributed by atoms with van der Waals surface area (Å²) in [6.07, 6.45) is 0. The number of nitrogens with one attached hydrogen (secondary N) is 1. The molecule has 0 saturated carbocycles. The van der Waals surface area contributed by atoms with Crippen molar-refractivity contribution < 1.29 is 17.9 Å². The lowest BCUT2D eigenvalue weighted by atomic mass is 10.3. The molecular formula is C14H22N2O4S. The molecule has 0 spiro atoms. The lowest BCUT2D eigenvalue weighted by molar-refractivity contribution is -0.138. The number of carbonyl (C=O) groups excluding carboxylic acids is 1. The highest BCUT2D eigenvalue weighted by Crippen LogP contribution is 2.25. The maximum absolute atomic E-state index is 12.4. The van der Waals surface area contributed by atoms with Crippen molar-refractivity contribution in [3.05, 3.63) is 24.3 Å². The predicted octanol–water partition coefficient (Wildman–Crippen LogP) is 1.37. The van der Waals surface area contributed by atoms with E-state index in [-0.39, 0.29) is 17.5 Å². The molecule has 0 amide bonds. The van der Waals surface area contributed by atoms with Crippen molar-refractivity contribution in [3.63, 3.8) is 0 Å². The maximum Gasteiger partial charge on any atom is 0.325 e. The van der Waals surface area contributed by atoms with Crippen LogP contribution in [0.1, 0.15) is 20.8 Å². The van der Waals surface area contributed by atoms with E-state index in [0.717, 1.165) is 0 Å². The molecule has 1 aromatic carbocycles. The summed E-state index contributed by atoms with van der Waals surface area (Å²) >= 11 is 0. The van der Waals surface area contributed by atoms with Crippen LogP contribution in [-0.4, -0.2) is 40.6 Å². The van der Waals surface area contributed by atoms with Crippen LogP contribution >= 0.6 is 0 Å². The van der Waals surface area contributed by atoms with Crippen LogP contribution in [0.15, 0.2) is 29.2 Å². The van der Waals surface area contributed by atoms with E-state index in [9.17, 15) is 13.2 Å². The van der Waals surface area contributed by atoms with E-state index in [1.54, 1.807) is 36.9 Å². The van der Waals surface area contributed by atoms with Crippen molar-refractivity contribution in [2.75, 3.05) is 25.1 Å². The molecule has 0 aromatic heterocycles. The van der Waals surface area contributed by atoms with Gasteiger partial charge in [-0.05, 0) is 32.9 Å². The quantitative estimate of drug-likeness (QED) is 0.769. The number of carbonyl (C=O) groups is 1. The minimum absolute atomic E-state index is 0.00120. The number of anilines is 1. The average molecular weight is 314 g/mol. The third-order valence-electron chi connectivity index (χ3n) is 2.82. The molecule has 0 atom stereocenters. The fourth-order valence-corrected chi connectivity index (χ4v) is 3.38. The zero-order valence-corrected chi connectivity index (χ0v) is 13.6. The second-order valence-electron chi connectivity index (χ2n) is 4.83. The fraction of sp³-hybridized carbons (Fsp3) is 0.500. The molecule has 0 fully saturated rings. The molecule has 0 aliphatic carbocycles. The number of rotatable bonds is 7. The van der Waals surface area contributed by atoms with Crippen LogP contribution < -0.4 is 9.62 Å². The molecule has 0 aliphatic heterocycles. The van der Waals surface area contributed by atoms with Gasteiger partial charge in [-0.1, -0.05) is 12.1 Å². The van der Waals surface area contributed by atoms with E-state index in [1.807, 2.05) is 6.92 Å². The maximum atomic E-state index is 12.4. The highest BCUT2D eigenvalue weighted by atomic mass is 32.2. The Morgan fingerprint density at radius 1 is 1.33 bits per heavy atom. The average Bonchev–Trinajstić information content (AvgIpc) is 2.43. The third kappa shape index (κ3) is 4.71. The molecule has 1 rings (SSSR count). The number of sulfonamides is 1. The van der Waals surface area contributed by atoms with Crippen LogP contribution in [0.4, 0.5) is 5.69 Å². The third-order valence-corrected chi connectivity index (χ3v) is 4.52. The normalized spacial score (nSPS) is 11.5. The zero-order valence-electron chi connectivity index (χ0n) is 12.8. The molecule has 0 aliphatic rings. The van der Waals surface area contributed by atoms with Crippen molar-refractivity contribution in [3.8, 4) is 0 Å². The number of nitrogens with zero attached hydrogens (tertiary/aromatic N) is 1. The van der Waals surface area contributed by atoms with Crippen LogP contribution in [0, 0.1) is 0 Å². The lowest BCUT2D eigenvalue weighted by Crippen LogP contribution is -2.34. The Kier molecular flexibility index (Phi) is 6.17. The van der Waals surface area contributed by atoms with Gasteiger partial charge in [0, 0.05) is 12.6 Å². The van der Waals surface area contributed by atoms with E-state index in [2.05, 4.69) is 9.46 Å². The Bertz CT molecular complexity index is 584. The second kappa shape index (κ2) is 7.42. The summed E-state index contributed by atoms with van der Waals surface area (Å²) in [7, 11) is -2.33. The summed E-state index contributed by atoms with van der Waals surface area (Å²) in [4.78, 5) is 13.3. The molecule has 0 radical (unpaired) electrons. The van der Waals surface area contributed by atoms with E-state index < -0.39 is 16.0 Å². The molecule has 7 heteroatoms. The Balaban J connectivity index is 3.22. The van der Waals surface area contributed by atoms with Crippen LogP contribution in [0.5, 0.6) is 0 Å². The monoisotopic (exact) mass is 314 g/mol. The molecule has 118 valence electrons. The number of ether oxygens (including phenoxy) is 1. The largest absolute Gasteiger partial charge is 0.468 e. The van der Waals surface area contributed by atoms with Crippen LogP contribution in [-0.2, 0) is 19.6 Å². The first-order valence-corrected chi connectivity index (χ1v) is 8.23. The lowest BCUT2D eigenvalue weighted by Gasteiger charge is -2.24. The van der Waals surface area contributed by atoms with Crippen LogP contribution in [0.25, 0.3) is 0 Å². The van der Waals surface area contributed by atoms with E-state index >= 15 is 0 Å². The first kappa shape index (κ1) is 17.5. The van der Waals surface area contributed by atoms with Crippen molar-refractivity contribution in [1.29, 1.82) is 0 Å². The summed E-state index contributed by atoms with van der Waals surface area (Å²) in [6.45, 7) is 5.85. The number of methoxy groups -OCH3 is 1. The molecule has 1 aromatic rings. The van der Waals surface area contributed by atoms with Crippen molar-refractivity contribution in [2.45, 2.75) is 31.7 Å². The Labute approximate surface area is 126 Å². The number of benzene rings is 1. The first-order valence-electron chi connectivity index (χ1n) is 6.75. The Hall–Kier alpha value is -1.60.